The van der Waals surface area contributed by atoms with Gasteiger partial charge in [0.15, 0.2) is 0 Å². The molecule has 0 bridgehead atoms. The van der Waals surface area contributed by atoms with E-state index in [1.165, 1.54) is 6.07 Å². The molecule has 0 aliphatic carbocycles. The Labute approximate surface area is 97.6 Å². The Morgan fingerprint density at radius 3 is 2.53 bits per heavy atom. The van der Waals surface area contributed by atoms with E-state index in [-0.39, 0.29) is 11.9 Å². The highest BCUT2D eigenvalue weighted by Gasteiger charge is 2.23. The second kappa shape index (κ2) is 4.49. The lowest BCUT2D eigenvalue weighted by atomic mass is 10.0. The lowest BCUT2D eigenvalue weighted by Gasteiger charge is -2.28. The molecule has 2 N–H and O–H groups in total. The third-order valence-electron chi connectivity index (χ3n) is 2.38. The molecule has 1 rings (SSSR count). The summed E-state index contributed by atoms with van der Waals surface area (Å²) in [5, 5.41) is 12.7. The molecule has 0 amide bonds. The van der Waals surface area contributed by atoms with Gasteiger partial charge in [-0.25, -0.2) is 4.39 Å². The predicted molar refractivity (Wildman–Crippen MR) is 63.5 cm³/mol. The number of aliphatic hydroxyl groups is 1. The van der Waals surface area contributed by atoms with E-state index in [2.05, 4.69) is 21.2 Å². The van der Waals surface area contributed by atoms with Crippen molar-refractivity contribution >= 4 is 21.6 Å². The highest BCUT2D eigenvalue weighted by molar-refractivity contribution is 9.10. The number of halogens is 2. The number of hydrogen-bond acceptors (Lipinski definition) is 2. The van der Waals surface area contributed by atoms with Gasteiger partial charge in [0.2, 0.25) is 0 Å². The van der Waals surface area contributed by atoms with Crippen LogP contribution in [0.15, 0.2) is 22.7 Å². The van der Waals surface area contributed by atoms with Gasteiger partial charge in [-0.3, -0.25) is 0 Å². The molecule has 0 aliphatic heterocycles. The van der Waals surface area contributed by atoms with Crippen molar-refractivity contribution in [1.29, 1.82) is 0 Å². The fourth-order valence-electron chi connectivity index (χ4n) is 1.03. The number of benzene rings is 1. The molecule has 0 spiro atoms. The minimum Gasteiger partial charge on any atom is -0.388 e. The standard InChI is InChI=1S/C11H15BrFNO/c1-7(11(2,3)15)14-10-8(12)5-4-6-9(10)13/h4-7,14-15H,1-3H3. The first kappa shape index (κ1) is 12.5. The van der Waals surface area contributed by atoms with Crippen LogP contribution in [0.5, 0.6) is 0 Å². The summed E-state index contributed by atoms with van der Waals surface area (Å²) in [6, 6.07) is 4.51. The Balaban J connectivity index is 2.90. The average molecular weight is 276 g/mol. The van der Waals surface area contributed by atoms with E-state index in [1.807, 2.05) is 0 Å². The van der Waals surface area contributed by atoms with Crippen molar-refractivity contribution in [3.63, 3.8) is 0 Å². The monoisotopic (exact) mass is 275 g/mol. The van der Waals surface area contributed by atoms with E-state index < -0.39 is 5.60 Å². The van der Waals surface area contributed by atoms with Crippen molar-refractivity contribution < 1.29 is 9.50 Å². The Morgan fingerprint density at radius 2 is 2.07 bits per heavy atom. The molecule has 0 heterocycles. The molecule has 1 aromatic carbocycles. The zero-order chi connectivity index (χ0) is 11.6. The molecule has 84 valence electrons. The van der Waals surface area contributed by atoms with Gasteiger partial charge >= 0.3 is 0 Å². The highest BCUT2D eigenvalue weighted by atomic mass is 79.9. The van der Waals surface area contributed by atoms with Crippen molar-refractivity contribution in [2.24, 2.45) is 0 Å². The average Bonchev–Trinajstić information content (AvgIpc) is 2.09. The second-order valence-corrected chi connectivity index (χ2v) is 4.97. The second-order valence-electron chi connectivity index (χ2n) is 4.12. The van der Waals surface area contributed by atoms with Crippen LogP contribution in [-0.4, -0.2) is 16.7 Å². The van der Waals surface area contributed by atoms with Crippen LogP contribution in [-0.2, 0) is 0 Å². The lowest BCUT2D eigenvalue weighted by Crippen LogP contribution is -2.39. The summed E-state index contributed by atoms with van der Waals surface area (Å²) < 4.78 is 14.1. The predicted octanol–water partition coefficient (Wildman–Crippen LogP) is 3.16. The molecular formula is C11H15BrFNO. The molecule has 0 fully saturated rings. The van der Waals surface area contributed by atoms with E-state index in [0.717, 1.165) is 0 Å². The molecule has 0 saturated heterocycles. The topological polar surface area (TPSA) is 32.3 Å². The van der Waals surface area contributed by atoms with E-state index in [0.29, 0.717) is 10.2 Å². The normalized spacial score (nSPS) is 13.7. The molecule has 4 heteroatoms. The quantitative estimate of drug-likeness (QED) is 0.888. The van der Waals surface area contributed by atoms with Crippen LogP contribution >= 0.6 is 15.9 Å². The molecule has 1 aromatic rings. The molecule has 0 aromatic heterocycles. The fourth-order valence-corrected chi connectivity index (χ4v) is 1.49. The Morgan fingerprint density at radius 1 is 1.47 bits per heavy atom. The molecule has 1 atom stereocenters. The van der Waals surface area contributed by atoms with Crippen LogP contribution in [0.1, 0.15) is 20.8 Å². The maximum absolute atomic E-state index is 13.4. The first-order valence-electron chi connectivity index (χ1n) is 4.75. The van der Waals surface area contributed by atoms with Gasteiger partial charge in [-0.2, -0.15) is 0 Å². The summed E-state index contributed by atoms with van der Waals surface area (Å²) >= 11 is 3.26. The van der Waals surface area contributed by atoms with E-state index in [1.54, 1.807) is 32.9 Å². The maximum atomic E-state index is 13.4. The zero-order valence-corrected chi connectivity index (χ0v) is 10.6. The van der Waals surface area contributed by atoms with Crippen molar-refractivity contribution in [3.05, 3.63) is 28.5 Å². The number of hydrogen-bond donors (Lipinski definition) is 2. The molecule has 15 heavy (non-hydrogen) atoms. The summed E-state index contributed by atoms with van der Waals surface area (Å²) in [6.45, 7) is 5.16. The largest absolute Gasteiger partial charge is 0.388 e. The van der Waals surface area contributed by atoms with Crippen molar-refractivity contribution in [3.8, 4) is 0 Å². The summed E-state index contributed by atoms with van der Waals surface area (Å²) in [5.41, 5.74) is -0.519. The molecule has 2 nitrogen and oxygen atoms in total. The summed E-state index contributed by atoms with van der Waals surface area (Å²) in [4.78, 5) is 0. The Hall–Kier alpha value is -0.610. The zero-order valence-electron chi connectivity index (χ0n) is 9.01. The van der Waals surface area contributed by atoms with Gasteiger partial charge in [-0.05, 0) is 48.8 Å². The van der Waals surface area contributed by atoms with Gasteiger partial charge in [0, 0.05) is 4.47 Å². The summed E-state index contributed by atoms with van der Waals surface area (Å²) in [7, 11) is 0. The summed E-state index contributed by atoms with van der Waals surface area (Å²) in [5.74, 6) is -0.333. The Kier molecular flexibility index (Phi) is 3.73. The Bertz CT molecular complexity index is 329. The molecule has 0 saturated carbocycles. The number of nitrogens with one attached hydrogen (secondary N) is 1. The molecule has 0 aliphatic rings. The first-order valence-corrected chi connectivity index (χ1v) is 5.54. The van der Waals surface area contributed by atoms with Gasteiger partial charge in [-0.15, -0.1) is 0 Å². The smallest absolute Gasteiger partial charge is 0.147 e. The minimum absolute atomic E-state index is 0.245. The van der Waals surface area contributed by atoms with Crippen LogP contribution in [0, 0.1) is 5.82 Å². The fraction of sp³-hybridized carbons (Fsp3) is 0.455. The maximum Gasteiger partial charge on any atom is 0.147 e. The minimum atomic E-state index is -0.901. The van der Waals surface area contributed by atoms with E-state index in [4.69, 9.17) is 0 Å². The highest BCUT2D eigenvalue weighted by Crippen LogP contribution is 2.27. The van der Waals surface area contributed by atoms with Gasteiger partial charge in [0.05, 0.1) is 17.3 Å². The third-order valence-corrected chi connectivity index (χ3v) is 3.04. The third kappa shape index (κ3) is 3.18. The van der Waals surface area contributed by atoms with Crippen LogP contribution in [0.4, 0.5) is 10.1 Å². The van der Waals surface area contributed by atoms with E-state index >= 15 is 0 Å². The molecule has 1 unspecified atom stereocenters. The molecule has 0 radical (unpaired) electrons. The van der Waals surface area contributed by atoms with Crippen molar-refractivity contribution in [2.75, 3.05) is 5.32 Å². The number of para-hydroxylation sites is 1. The van der Waals surface area contributed by atoms with Crippen molar-refractivity contribution in [1.82, 2.24) is 0 Å². The lowest BCUT2D eigenvalue weighted by molar-refractivity contribution is 0.0648. The van der Waals surface area contributed by atoms with Gasteiger partial charge in [0.25, 0.3) is 0 Å². The first-order chi connectivity index (χ1) is 6.82. The van der Waals surface area contributed by atoms with E-state index in [9.17, 15) is 9.50 Å². The summed E-state index contributed by atoms with van der Waals surface area (Å²) in [6.07, 6.45) is 0. The van der Waals surface area contributed by atoms with Crippen LogP contribution in [0.25, 0.3) is 0 Å². The van der Waals surface area contributed by atoms with Crippen LogP contribution < -0.4 is 5.32 Å². The van der Waals surface area contributed by atoms with Gasteiger partial charge in [-0.1, -0.05) is 6.07 Å². The SMILES string of the molecule is CC(Nc1c(F)cccc1Br)C(C)(C)O. The van der Waals surface area contributed by atoms with Gasteiger partial charge in [0.1, 0.15) is 5.82 Å². The van der Waals surface area contributed by atoms with Gasteiger partial charge < -0.3 is 10.4 Å². The molecular weight excluding hydrogens is 261 g/mol. The van der Waals surface area contributed by atoms with Crippen molar-refractivity contribution in [2.45, 2.75) is 32.4 Å². The number of rotatable bonds is 3. The van der Waals surface area contributed by atoms with Crippen LogP contribution in [0.2, 0.25) is 0 Å². The van der Waals surface area contributed by atoms with Crippen LogP contribution in [0.3, 0.4) is 0 Å². The number of anilines is 1.